The van der Waals surface area contributed by atoms with Gasteiger partial charge in [-0.1, -0.05) is 49.4 Å². The van der Waals surface area contributed by atoms with Gasteiger partial charge in [0.15, 0.2) is 6.61 Å². The van der Waals surface area contributed by atoms with Crippen molar-refractivity contribution in [2.24, 2.45) is 0 Å². The topological polar surface area (TPSA) is 64.6 Å². The quantitative estimate of drug-likeness (QED) is 0.390. The van der Waals surface area contributed by atoms with Crippen molar-refractivity contribution in [2.45, 2.75) is 32.6 Å². The number of ether oxygens (including phenoxy) is 2. The number of anilines is 1. The summed E-state index contributed by atoms with van der Waals surface area (Å²) in [5.41, 5.74) is 0.697. The molecule has 0 radical (unpaired) electrons. The van der Waals surface area contributed by atoms with Gasteiger partial charge in [0, 0.05) is 5.02 Å². The number of hydrogen-bond donors (Lipinski definition) is 1. The molecule has 1 amide bonds. The van der Waals surface area contributed by atoms with E-state index >= 15 is 0 Å². The van der Waals surface area contributed by atoms with Gasteiger partial charge >= 0.3 is 5.97 Å². The first kappa shape index (κ1) is 22.1. The zero-order chi connectivity index (χ0) is 20.4. The minimum atomic E-state index is -0.596. The van der Waals surface area contributed by atoms with E-state index in [1.54, 1.807) is 36.4 Å². The summed E-state index contributed by atoms with van der Waals surface area (Å²) in [6.45, 7) is 2.38. The highest BCUT2D eigenvalue weighted by molar-refractivity contribution is 6.35. The van der Waals surface area contributed by atoms with E-state index in [0.29, 0.717) is 33.7 Å². The van der Waals surface area contributed by atoms with Crippen LogP contribution in [0.2, 0.25) is 10.0 Å². The fraction of sp³-hybridized carbons (Fsp3) is 0.333. The molecule has 2 aromatic rings. The normalized spacial score (nSPS) is 10.4. The van der Waals surface area contributed by atoms with Gasteiger partial charge in [0.05, 0.1) is 22.9 Å². The highest BCUT2D eigenvalue weighted by Crippen LogP contribution is 2.25. The molecule has 0 atom stereocenters. The van der Waals surface area contributed by atoms with Crippen molar-refractivity contribution >= 4 is 40.8 Å². The summed E-state index contributed by atoms with van der Waals surface area (Å²) in [4.78, 5) is 24.0. The van der Waals surface area contributed by atoms with E-state index in [2.05, 4.69) is 12.2 Å². The molecule has 0 spiro atoms. The second-order valence-electron chi connectivity index (χ2n) is 6.18. The van der Waals surface area contributed by atoms with Crippen molar-refractivity contribution in [1.29, 1.82) is 0 Å². The first-order valence-corrected chi connectivity index (χ1v) is 9.90. The van der Waals surface area contributed by atoms with Gasteiger partial charge in [-0.15, -0.1) is 0 Å². The number of unbranched alkanes of at least 4 members (excludes halogenated alkanes) is 3. The molecule has 150 valence electrons. The number of esters is 1. The summed E-state index contributed by atoms with van der Waals surface area (Å²) >= 11 is 11.9. The second-order valence-corrected chi connectivity index (χ2v) is 7.03. The van der Waals surface area contributed by atoms with Gasteiger partial charge < -0.3 is 14.8 Å². The molecule has 0 saturated heterocycles. The number of rotatable bonds is 10. The van der Waals surface area contributed by atoms with Gasteiger partial charge in [-0.25, -0.2) is 4.79 Å². The molecule has 1 N–H and O–H groups in total. The highest BCUT2D eigenvalue weighted by Gasteiger charge is 2.12. The predicted octanol–water partition coefficient (Wildman–Crippen LogP) is 5.75. The smallest absolute Gasteiger partial charge is 0.338 e. The minimum Gasteiger partial charge on any atom is -0.494 e. The molecular formula is C21H23Cl2NO4. The average molecular weight is 424 g/mol. The van der Waals surface area contributed by atoms with Gasteiger partial charge in [0.2, 0.25) is 0 Å². The van der Waals surface area contributed by atoms with E-state index in [4.69, 9.17) is 32.7 Å². The Morgan fingerprint density at radius 2 is 1.75 bits per heavy atom. The van der Waals surface area contributed by atoms with Crippen molar-refractivity contribution < 1.29 is 19.1 Å². The summed E-state index contributed by atoms with van der Waals surface area (Å²) < 4.78 is 10.7. The number of benzene rings is 2. The monoisotopic (exact) mass is 423 g/mol. The molecule has 7 heteroatoms. The maximum absolute atomic E-state index is 12.1. The molecule has 0 fully saturated rings. The average Bonchev–Trinajstić information content (AvgIpc) is 2.69. The van der Waals surface area contributed by atoms with Gasteiger partial charge in [-0.3, -0.25) is 4.79 Å². The van der Waals surface area contributed by atoms with Crippen LogP contribution in [0.4, 0.5) is 5.69 Å². The van der Waals surface area contributed by atoms with Crippen LogP contribution in [0.25, 0.3) is 0 Å². The van der Waals surface area contributed by atoms with Crippen molar-refractivity contribution in [1.82, 2.24) is 0 Å². The summed E-state index contributed by atoms with van der Waals surface area (Å²) in [5.74, 6) is -0.409. The van der Waals surface area contributed by atoms with E-state index in [0.717, 1.165) is 12.8 Å². The lowest BCUT2D eigenvalue weighted by Crippen LogP contribution is -2.21. The third-order valence-corrected chi connectivity index (χ3v) is 4.46. The van der Waals surface area contributed by atoms with Crippen molar-refractivity contribution in [2.75, 3.05) is 18.5 Å². The Morgan fingerprint density at radius 1 is 1.00 bits per heavy atom. The van der Waals surface area contributed by atoms with Crippen LogP contribution >= 0.6 is 23.2 Å². The van der Waals surface area contributed by atoms with E-state index in [1.807, 2.05) is 0 Å². The number of carbonyl (C=O) groups excluding carboxylic acids is 2. The van der Waals surface area contributed by atoms with Crippen LogP contribution in [0.5, 0.6) is 5.75 Å². The van der Waals surface area contributed by atoms with E-state index in [9.17, 15) is 9.59 Å². The predicted molar refractivity (Wildman–Crippen MR) is 111 cm³/mol. The van der Waals surface area contributed by atoms with Crippen LogP contribution in [0.1, 0.15) is 43.0 Å². The molecule has 0 unspecified atom stereocenters. The third-order valence-electron chi connectivity index (χ3n) is 3.89. The minimum absolute atomic E-state index is 0.340. The standard InChI is InChI=1S/C21H23Cl2NO4/c1-2-3-4-5-12-27-17-9-6-15(7-10-17)21(26)28-14-20(25)24-19-13-16(22)8-11-18(19)23/h6-11,13H,2-5,12,14H2,1H3,(H,24,25). The van der Waals surface area contributed by atoms with E-state index in [-0.39, 0.29) is 0 Å². The Kier molecular flexibility index (Phi) is 9.11. The van der Waals surface area contributed by atoms with Crippen LogP contribution in [-0.2, 0) is 9.53 Å². The first-order chi connectivity index (χ1) is 13.5. The summed E-state index contributed by atoms with van der Waals surface area (Å²) in [7, 11) is 0. The summed E-state index contributed by atoms with van der Waals surface area (Å²) in [5, 5.41) is 3.33. The zero-order valence-electron chi connectivity index (χ0n) is 15.7. The molecular weight excluding hydrogens is 401 g/mol. The molecule has 0 bridgehead atoms. The van der Waals surface area contributed by atoms with Gasteiger partial charge in [0.25, 0.3) is 5.91 Å². The Morgan fingerprint density at radius 3 is 2.46 bits per heavy atom. The van der Waals surface area contributed by atoms with Gasteiger partial charge in [-0.2, -0.15) is 0 Å². The Hall–Kier alpha value is -2.24. The highest BCUT2D eigenvalue weighted by atomic mass is 35.5. The number of hydrogen-bond acceptors (Lipinski definition) is 4. The Bertz CT molecular complexity index is 793. The van der Waals surface area contributed by atoms with Crippen molar-refractivity contribution in [3.8, 4) is 5.75 Å². The van der Waals surface area contributed by atoms with Gasteiger partial charge in [-0.05, 0) is 48.9 Å². The molecule has 0 aromatic heterocycles. The maximum atomic E-state index is 12.1. The van der Waals surface area contributed by atoms with Gasteiger partial charge in [0.1, 0.15) is 5.75 Å². The maximum Gasteiger partial charge on any atom is 0.338 e. The Balaban J connectivity index is 1.77. The largest absolute Gasteiger partial charge is 0.494 e. The molecule has 0 saturated carbocycles. The molecule has 0 aliphatic rings. The molecule has 28 heavy (non-hydrogen) atoms. The lowest BCUT2D eigenvalue weighted by Gasteiger charge is -2.09. The van der Waals surface area contributed by atoms with Crippen LogP contribution in [-0.4, -0.2) is 25.1 Å². The fourth-order valence-electron chi connectivity index (χ4n) is 2.40. The SMILES string of the molecule is CCCCCCOc1ccc(C(=O)OCC(=O)Nc2cc(Cl)ccc2Cl)cc1. The molecule has 0 heterocycles. The first-order valence-electron chi connectivity index (χ1n) is 9.14. The number of amides is 1. The molecule has 2 aromatic carbocycles. The molecule has 5 nitrogen and oxygen atoms in total. The van der Waals surface area contributed by atoms with Crippen LogP contribution < -0.4 is 10.1 Å². The Labute approximate surface area is 174 Å². The van der Waals surface area contributed by atoms with Crippen molar-refractivity contribution in [3.05, 3.63) is 58.1 Å². The van der Waals surface area contributed by atoms with Crippen LogP contribution in [0.3, 0.4) is 0 Å². The third kappa shape index (κ3) is 7.41. The zero-order valence-corrected chi connectivity index (χ0v) is 17.2. The summed E-state index contributed by atoms with van der Waals surface area (Å²) in [6.07, 6.45) is 4.53. The number of halogens is 2. The molecule has 0 aliphatic carbocycles. The molecule has 2 rings (SSSR count). The van der Waals surface area contributed by atoms with Crippen LogP contribution in [0, 0.1) is 0 Å². The fourth-order valence-corrected chi connectivity index (χ4v) is 2.74. The lowest BCUT2D eigenvalue weighted by molar-refractivity contribution is -0.119. The van der Waals surface area contributed by atoms with Crippen LogP contribution in [0.15, 0.2) is 42.5 Å². The second kappa shape index (κ2) is 11.6. The van der Waals surface area contributed by atoms with Crippen molar-refractivity contribution in [3.63, 3.8) is 0 Å². The number of nitrogens with one attached hydrogen (secondary N) is 1. The summed E-state index contributed by atoms with van der Waals surface area (Å²) in [6, 6.07) is 11.3. The van der Waals surface area contributed by atoms with E-state index < -0.39 is 18.5 Å². The lowest BCUT2D eigenvalue weighted by atomic mass is 10.2. The van der Waals surface area contributed by atoms with E-state index in [1.165, 1.54) is 18.9 Å². The molecule has 0 aliphatic heterocycles. The number of carbonyl (C=O) groups is 2.